The van der Waals surface area contributed by atoms with Gasteiger partial charge in [-0.25, -0.2) is 4.98 Å². The third kappa shape index (κ3) is 2.95. The highest BCUT2D eigenvalue weighted by molar-refractivity contribution is 5.82. The predicted octanol–water partition coefficient (Wildman–Crippen LogP) is 1.19. The van der Waals surface area contributed by atoms with Crippen molar-refractivity contribution < 1.29 is 9.59 Å². The molecule has 0 unspecified atom stereocenters. The molecule has 22 heavy (non-hydrogen) atoms. The van der Waals surface area contributed by atoms with Crippen LogP contribution in [0.1, 0.15) is 18.9 Å². The van der Waals surface area contributed by atoms with E-state index in [1.807, 2.05) is 34.9 Å². The van der Waals surface area contributed by atoms with Crippen molar-refractivity contribution in [3.8, 4) is 0 Å². The quantitative estimate of drug-likeness (QED) is 0.925. The van der Waals surface area contributed by atoms with E-state index in [1.165, 1.54) is 0 Å². The van der Waals surface area contributed by atoms with Crippen LogP contribution in [0.5, 0.6) is 0 Å². The van der Waals surface area contributed by atoms with Crippen LogP contribution in [0, 0.1) is 0 Å². The van der Waals surface area contributed by atoms with E-state index in [-0.39, 0.29) is 11.8 Å². The minimum absolute atomic E-state index is 0.113. The van der Waals surface area contributed by atoms with Crippen LogP contribution in [-0.4, -0.2) is 57.8 Å². The second-order valence-corrected chi connectivity index (χ2v) is 5.55. The number of carbonyl (C=O) groups is 2. The summed E-state index contributed by atoms with van der Waals surface area (Å²) < 4.78 is 0. The Morgan fingerprint density at radius 1 is 1.14 bits per heavy atom. The van der Waals surface area contributed by atoms with Gasteiger partial charge in [-0.1, -0.05) is 13.0 Å². The van der Waals surface area contributed by atoms with E-state index in [9.17, 15) is 9.59 Å². The molecule has 2 aromatic rings. The molecular weight excluding hydrogens is 280 g/mol. The molecule has 3 rings (SSSR count). The van der Waals surface area contributed by atoms with E-state index >= 15 is 0 Å². The summed E-state index contributed by atoms with van der Waals surface area (Å²) in [6, 6.07) is 5.83. The highest BCUT2D eigenvalue weighted by Gasteiger charge is 2.23. The summed E-state index contributed by atoms with van der Waals surface area (Å²) in [7, 11) is 0. The van der Waals surface area contributed by atoms with Crippen LogP contribution in [0.25, 0.3) is 11.0 Å². The van der Waals surface area contributed by atoms with E-state index < -0.39 is 0 Å². The molecule has 0 saturated carbocycles. The zero-order valence-electron chi connectivity index (χ0n) is 12.7. The van der Waals surface area contributed by atoms with Crippen molar-refractivity contribution in [2.24, 2.45) is 0 Å². The highest BCUT2D eigenvalue weighted by Crippen LogP contribution is 2.13. The topological polar surface area (TPSA) is 69.3 Å². The lowest BCUT2D eigenvalue weighted by atomic mass is 10.1. The molecule has 1 aliphatic rings. The van der Waals surface area contributed by atoms with Crippen molar-refractivity contribution >= 4 is 22.8 Å². The summed E-state index contributed by atoms with van der Waals surface area (Å²) in [5.74, 6) is 0.277. The van der Waals surface area contributed by atoms with E-state index in [1.54, 1.807) is 6.33 Å². The van der Waals surface area contributed by atoms with E-state index in [4.69, 9.17) is 0 Å². The molecule has 0 atom stereocenters. The molecule has 1 saturated heterocycles. The van der Waals surface area contributed by atoms with Crippen LogP contribution in [-0.2, 0) is 16.0 Å². The maximum Gasteiger partial charge on any atom is 0.227 e. The second-order valence-electron chi connectivity index (χ2n) is 5.55. The van der Waals surface area contributed by atoms with Gasteiger partial charge in [0.05, 0.1) is 23.8 Å². The van der Waals surface area contributed by atoms with Crippen molar-refractivity contribution in [1.82, 2.24) is 19.8 Å². The molecule has 0 bridgehead atoms. The Labute approximate surface area is 129 Å². The number of benzene rings is 1. The fourth-order valence-corrected chi connectivity index (χ4v) is 2.81. The molecule has 6 heteroatoms. The van der Waals surface area contributed by atoms with Crippen LogP contribution < -0.4 is 0 Å². The number of amides is 2. The first kappa shape index (κ1) is 14.6. The van der Waals surface area contributed by atoms with Gasteiger partial charge in [-0.15, -0.1) is 0 Å². The molecule has 2 amide bonds. The fourth-order valence-electron chi connectivity index (χ4n) is 2.81. The normalized spacial score (nSPS) is 15.3. The molecule has 0 spiro atoms. The lowest BCUT2D eigenvalue weighted by Gasteiger charge is -2.34. The molecule has 0 radical (unpaired) electrons. The zero-order chi connectivity index (χ0) is 15.5. The van der Waals surface area contributed by atoms with E-state index in [2.05, 4.69) is 9.97 Å². The summed E-state index contributed by atoms with van der Waals surface area (Å²) >= 11 is 0. The Kier molecular flexibility index (Phi) is 4.09. The van der Waals surface area contributed by atoms with Gasteiger partial charge in [-0.05, 0) is 17.7 Å². The van der Waals surface area contributed by atoms with Gasteiger partial charge in [0.2, 0.25) is 11.8 Å². The summed E-state index contributed by atoms with van der Waals surface area (Å²) in [6.07, 6.45) is 2.56. The lowest BCUT2D eigenvalue weighted by Crippen LogP contribution is -2.50. The average molecular weight is 300 g/mol. The molecule has 1 N–H and O–H groups in total. The van der Waals surface area contributed by atoms with Gasteiger partial charge in [0.1, 0.15) is 0 Å². The molecular formula is C16H20N4O2. The maximum atomic E-state index is 12.4. The molecule has 1 aromatic carbocycles. The first-order chi connectivity index (χ1) is 10.7. The van der Waals surface area contributed by atoms with E-state index in [0.717, 1.165) is 16.6 Å². The Bertz CT molecular complexity index is 686. The van der Waals surface area contributed by atoms with Crippen molar-refractivity contribution in [2.45, 2.75) is 19.8 Å². The Morgan fingerprint density at radius 2 is 1.82 bits per heavy atom. The summed E-state index contributed by atoms with van der Waals surface area (Å²) in [4.78, 5) is 34.9. The minimum Gasteiger partial charge on any atom is -0.345 e. The number of nitrogens with zero attached hydrogens (tertiary/aromatic N) is 3. The Balaban J connectivity index is 1.59. The SMILES string of the molecule is CCC(=O)N1CCN(C(=O)Cc2ccc3nc[nH]c3c2)CC1. The number of hydrogen-bond acceptors (Lipinski definition) is 3. The molecule has 1 aromatic heterocycles. The number of rotatable bonds is 3. The molecule has 2 heterocycles. The van der Waals surface area contributed by atoms with Crippen LogP contribution in [0.2, 0.25) is 0 Å². The Hall–Kier alpha value is -2.37. The van der Waals surface area contributed by atoms with Gasteiger partial charge in [0.25, 0.3) is 0 Å². The number of aromatic amines is 1. The molecule has 0 aliphatic carbocycles. The maximum absolute atomic E-state index is 12.4. The summed E-state index contributed by atoms with van der Waals surface area (Å²) in [5.41, 5.74) is 2.83. The number of nitrogens with one attached hydrogen (secondary N) is 1. The number of hydrogen-bond donors (Lipinski definition) is 1. The molecule has 1 aliphatic heterocycles. The first-order valence-electron chi connectivity index (χ1n) is 7.65. The zero-order valence-corrected chi connectivity index (χ0v) is 12.7. The molecule has 1 fully saturated rings. The van der Waals surface area contributed by atoms with Gasteiger partial charge >= 0.3 is 0 Å². The third-order valence-electron chi connectivity index (χ3n) is 4.13. The molecule has 6 nitrogen and oxygen atoms in total. The predicted molar refractivity (Wildman–Crippen MR) is 83.2 cm³/mol. The highest BCUT2D eigenvalue weighted by atomic mass is 16.2. The second kappa shape index (κ2) is 6.17. The number of fused-ring (bicyclic) bond motifs is 1. The largest absolute Gasteiger partial charge is 0.345 e. The average Bonchev–Trinajstić information content (AvgIpc) is 3.02. The van der Waals surface area contributed by atoms with Gasteiger partial charge in [0.15, 0.2) is 0 Å². The number of H-pyrrole nitrogens is 1. The summed E-state index contributed by atoms with van der Waals surface area (Å²) in [5, 5.41) is 0. The van der Waals surface area contributed by atoms with Gasteiger partial charge in [-0.3, -0.25) is 9.59 Å². The van der Waals surface area contributed by atoms with Gasteiger partial charge < -0.3 is 14.8 Å². The van der Waals surface area contributed by atoms with Crippen LogP contribution in [0.15, 0.2) is 24.5 Å². The lowest BCUT2D eigenvalue weighted by molar-refractivity contribution is -0.139. The first-order valence-corrected chi connectivity index (χ1v) is 7.65. The van der Waals surface area contributed by atoms with Crippen LogP contribution in [0.4, 0.5) is 0 Å². The van der Waals surface area contributed by atoms with Crippen molar-refractivity contribution in [1.29, 1.82) is 0 Å². The fraction of sp³-hybridized carbons (Fsp3) is 0.438. The smallest absolute Gasteiger partial charge is 0.227 e. The number of aromatic nitrogens is 2. The van der Waals surface area contributed by atoms with E-state index in [0.29, 0.717) is 39.0 Å². The van der Waals surface area contributed by atoms with Crippen LogP contribution in [0.3, 0.4) is 0 Å². The van der Waals surface area contributed by atoms with Gasteiger partial charge in [-0.2, -0.15) is 0 Å². The minimum atomic E-state index is 0.113. The number of carbonyl (C=O) groups excluding carboxylic acids is 2. The molecule has 116 valence electrons. The van der Waals surface area contributed by atoms with Crippen LogP contribution >= 0.6 is 0 Å². The number of piperazine rings is 1. The third-order valence-corrected chi connectivity index (χ3v) is 4.13. The monoisotopic (exact) mass is 300 g/mol. The Morgan fingerprint density at radius 3 is 2.50 bits per heavy atom. The van der Waals surface area contributed by atoms with Gasteiger partial charge in [0, 0.05) is 32.6 Å². The summed E-state index contributed by atoms with van der Waals surface area (Å²) in [6.45, 7) is 4.38. The van der Waals surface area contributed by atoms with Crippen molar-refractivity contribution in [3.63, 3.8) is 0 Å². The number of imidazole rings is 1. The van der Waals surface area contributed by atoms with Crippen molar-refractivity contribution in [3.05, 3.63) is 30.1 Å². The standard InChI is InChI=1S/C16H20N4O2/c1-2-15(21)19-5-7-20(8-6-19)16(22)10-12-3-4-13-14(9-12)18-11-17-13/h3-4,9,11H,2,5-8,10H2,1H3,(H,17,18). The van der Waals surface area contributed by atoms with Crippen molar-refractivity contribution in [2.75, 3.05) is 26.2 Å².